The lowest BCUT2D eigenvalue weighted by molar-refractivity contribution is 0.131. The average Bonchev–Trinajstić information content (AvgIpc) is 2.72. The van der Waals surface area contributed by atoms with Gasteiger partial charge in [-0.2, -0.15) is 0 Å². The van der Waals surface area contributed by atoms with E-state index in [1.165, 1.54) is 5.56 Å². The molecule has 5 heteroatoms. The van der Waals surface area contributed by atoms with E-state index in [1.807, 2.05) is 35.2 Å². The van der Waals surface area contributed by atoms with Gasteiger partial charge < -0.3 is 15.3 Å². The minimum Gasteiger partial charge on any atom is -0.396 e. The van der Waals surface area contributed by atoms with Crippen molar-refractivity contribution in [1.82, 2.24) is 15.1 Å². The molecular formula is C22H29N3O2. The summed E-state index contributed by atoms with van der Waals surface area (Å²) in [6, 6.07) is 18.1. The Kier molecular flexibility index (Phi) is 6.85. The molecule has 0 aliphatic carbocycles. The van der Waals surface area contributed by atoms with Crippen molar-refractivity contribution in [2.75, 3.05) is 39.3 Å². The number of aliphatic hydroxyl groups is 1. The lowest BCUT2D eigenvalue weighted by Crippen LogP contribution is -2.52. The van der Waals surface area contributed by atoms with E-state index in [0.29, 0.717) is 13.1 Å². The molecule has 0 saturated carbocycles. The first-order valence-corrected chi connectivity index (χ1v) is 9.68. The molecule has 0 spiro atoms. The standard InChI is InChI=1S/C22H29N3O2/c1-18-8-5-6-11-20(18)21(19-9-3-2-4-10-19)23-22(27)25-15-13-24(14-16-25)12-7-17-26/h2-6,8-11,21,26H,7,12-17H2,1H3,(H,23,27). The summed E-state index contributed by atoms with van der Waals surface area (Å²) < 4.78 is 0. The summed E-state index contributed by atoms with van der Waals surface area (Å²) in [7, 11) is 0. The van der Waals surface area contributed by atoms with Crippen LogP contribution in [0.15, 0.2) is 54.6 Å². The van der Waals surface area contributed by atoms with E-state index in [2.05, 4.69) is 41.4 Å². The van der Waals surface area contributed by atoms with Crippen LogP contribution < -0.4 is 5.32 Å². The molecule has 1 heterocycles. The number of urea groups is 1. The van der Waals surface area contributed by atoms with Crippen molar-refractivity contribution in [3.05, 3.63) is 71.3 Å². The van der Waals surface area contributed by atoms with Crippen LogP contribution in [0.1, 0.15) is 29.2 Å². The molecule has 144 valence electrons. The lowest BCUT2D eigenvalue weighted by Gasteiger charge is -2.35. The summed E-state index contributed by atoms with van der Waals surface area (Å²) in [4.78, 5) is 17.1. The summed E-state index contributed by atoms with van der Waals surface area (Å²) in [5.41, 5.74) is 3.38. The fourth-order valence-electron chi connectivity index (χ4n) is 3.58. The smallest absolute Gasteiger partial charge is 0.318 e. The van der Waals surface area contributed by atoms with Crippen LogP contribution in [-0.4, -0.2) is 60.3 Å². The molecule has 0 bridgehead atoms. The van der Waals surface area contributed by atoms with Gasteiger partial charge in [0.2, 0.25) is 0 Å². The van der Waals surface area contributed by atoms with E-state index in [9.17, 15) is 4.79 Å². The molecule has 5 nitrogen and oxygen atoms in total. The van der Waals surface area contributed by atoms with Gasteiger partial charge >= 0.3 is 6.03 Å². The van der Waals surface area contributed by atoms with E-state index < -0.39 is 0 Å². The number of nitrogens with one attached hydrogen (secondary N) is 1. The molecule has 1 aliphatic heterocycles. The first-order valence-electron chi connectivity index (χ1n) is 9.68. The largest absolute Gasteiger partial charge is 0.396 e. The number of benzene rings is 2. The maximum Gasteiger partial charge on any atom is 0.318 e. The van der Waals surface area contributed by atoms with Gasteiger partial charge in [0.15, 0.2) is 0 Å². The maximum absolute atomic E-state index is 12.9. The first kappa shape index (κ1) is 19.4. The van der Waals surface area contributed by atoms with Crippen LogP contribution in [0.3, 0.4) is 0 Å². The van der Waals surface area contributed by atoms with Gasteiger partial charge in [-0.3, -0.25) is 4.90 Å². The highest BCUT2D eigenvalue weighted by Crippen LogP contribution is 2.25. The quantitative estimate of drug-likeness (QED) is 0.825. The van der Waals surface area contributed by atoms with Crippen molar-refractivity contribution in [3.8, 4) is 0 Å². The predicted octanol–water partition coefficient (Wildman–Crippen LogP) is 2.79. The van der Waals surface area contributed by atoms with Gasteiger partial charge in [-0.15, -0.1) is 0 Å². The number of piperazine rings is 1. The van der Waals surface area contributed by atoms with Gasteiger partial charge in [0.25, 0.3) is 0 Å². The molecule has 2 aromatic rings. The van der Waals surface area contributed by atoms with Crippen molar-refractivity contribution in [3.63, 3.8) is 0 Å². The Morgan fingerprint density at radius 1 is 1.04 bits per heavy atom. The van der Waals surface area contributed by atoms with Crippen molar-refractivity contribution in [2.45, 2.75) is 19.4 Å². The van der Waals surface area contributed by atoms with E-state index in [1.54, 1.807) is 0 Å². The summed E-state index contributed by atoms with van der Waals surface area (Å²) in [5.74, 6) is 0. The average molecular weight is 367 g/mol. The molecule has 0 radical (unpaired) electrons. The van der Waals surface area contributed by atoms with Crippen molar-refractivity contribution in [1.29, 1.82) is 0 Å². The number of rotatable bonds is 6. The molecule has 0 aromatic heterocycles. The molecule has 1 atom stereocenters. The zero-order chi connectivity index (χ0) is 19.1. The highest BCUT2D eigenvalue weighted by molar-refractivity contribution is 5.75. The van der Waals surface area contributed by atoms with Gasteiger partial charge in [0.1, 0.15) is 0 Å². The first-order chi connectivity index (χ1) is 13.2. The number of aliphatic hydroxyl groups excluding tert-OH is 1. The SMILES string of the molecule is Cc1ccccc1C(NC(=O)N1CCN(CCCO)CC1)c1ccccc1. The zero-order valence-electron chi connectivity index (χ0n) is 16.0. The molecule has 1 fully saturated rings. The van der Waals surface area contributed by atoms with Crippen molar-refractivity contribution in [2.24, 2.45) is 0 Å². The molecule has 1 aliphatic rings. The molecular weight excluding hydrogens is 338 g/mol. The van der Waals surface area contributed by atoms with Gasteiger partial charge in [0.05, 0.1) is 6.04 Å². The number of nitrogens with zero attached hydrogens (tertiary/aromatic N) is 2. The number of carbonyl (C=O) groups excluding carboxylic acids is 1. The number of carbonyl (C=O) groups is 1. The third kappa shape index (κ3) is 5.08. The second-order valence-corrected chi connectivity index (χ2v) is 7.06. The molecule has 1 unspecified atom stereocenters. The molecule has 3 rings (SSSR count). The lowest BCUT2D eigenvalue weighted by atomic mass is 9.95. The van der Waals surface area contributed by atoms with Crippen LogP contribution in [0, 0.1) is 6.92 Å². The number of aryl methyl sites for hydroxylation is 1. The second-order valence-electron chi connectivity index (χ2n) is 7.06. The molecule has 1 saturated heterocycles. The Labute approximate surface area is 161 Å². The predicted molar refractivity (Wildman–Crippen MR) is 108 cm³/mol. The molecule has 2 N–H and O–H groups in total. The van der Waals surface area contributed by atoms with Gasteiger partial charge in [-0.25, -0.2) is 4.79 Å². The summed E-state index contributed by atoms with van der Waals surface area (Å²) in [6.07, 6.45) is 0.787. The van der Waals surface area contributed by atoms with E-state index >= 15 is 0 Å². The van der Waals surface area contributed by atoms with Crippen molar-refractivity contribution >= 4 is 6.03 Å². The summed E-state index contributed by atoms with van der Waals surface area (Å²) >= 11 is 0. The molecule has 2 aromatic carbocycles. The number of hydrogen-bond acceptors (Lipinski definition) is 3. The van der Waals surface area contributed by atoms with Crippen LogP contribution in [0.25, 0.3) is 0 Å². The van der Waals surface area contributed by atoms with Crippen molar-refractivity contribution < 1.29 is 9.90 Å². The normalized spacial score (nSPS) is 16.1. The fraction of sp³-hybridized carbons (Fsp3) is 0.409. The third-order valence-electron chi connectivity index (χ3n) is 5.19. The topological polar surface area (TPSA) is 55.8 Å². The summed E-state index contributed by atoms with van der Waals surface area (Å²) in [6.45, 7) is 6.33. The highest BCUT2D eigenvalue weighted by Gasteiger charge is 2.24. The van der Waals surface area contributed by atoms with Crippen LogP contribution in [0.4, 0.5) is 4.79 Å². The van der Waals surface area contributed by atoms with Crippen LogP contribution in [0.5, 0.6) is 0 Å². The Morgan fingerprint density at radius 2 is 1.70 bits per heavy atom. The van der Waals surface area contributed by atoms with Crippen LogP contribution >= 0.6 is 0 Å². The number of amides is 2. The Morgan fingerprint density at radius 3 is 2.37 bits per heavy atom. The van der Waals surface area contributed by atoms with E-state index in [0.717, 1.165) is 37.2 Å². The Balaban J connectivity index is 1.70. The fourth-order valence-corrected chi connectivity index (χ4v) is 3.58. The summed E-state index contributed by atoms with van der Waals surface area (Å²) in [5, 5.41) is 12.2. The van der Waals surface area contributed by atoms with Gasteiger partial charge in [-0.1, -0.05) is 54.6 Å². The maximum atomic E-state index is 12.9. The number of hydrogen-bond donors (Lipinski definition) is 2. The Hall–Kier alpha value is -2.37. The van der Waals surface area contributed by atoms with E-state index in [-0.39, 0.29) is 18.7 Å². The van der Waals surface area contributed by atoms with Crippen LogP contribution in [-0.2, 0) is 0 Å². The Bertz CT molecular complexity index is 727. The van der Waals surface area contributed by atoms with Crippen LogP contribution in [0.2, 0.25) is 0 Å². The van der Waals surface area contributed by atoms with Gasteiger partial charge in [0, 0.05) is 39.3 Å². The third-order valence-corrected chi connectivity index (χ3v) is 5.19. The van der Waals surface area contributed by atoms with E-state index in [4.69, 9.17) is 5.11 Å². The zero-order valence-corrected chi connectivity index (χ0v) is 16.0. The second kappa shape index (κ2) is 9.53. The molecule has 27 heavy (non-hydrogen) atoms. The minimum absolute atomic E-state index is 0.0195. The molecule has 2 amide bonds. The highest BCUT2D eigenvalue weighted by atomic mass is 16.3. The van der Waals surface area contributed by atoms with Gasteiger partial charge in [-0.05, 0) is 30.0 Å². The monoisotopic (exact) mass is 367 g/mol. The minimum atomic E-state index is -0.160.